The molecule has 0 unspecified atom stereocenters. The molecule has 43 heavy (non-hydrogen) atoms. The van der Waals surface area contributed by atoms with E-state index in [0.29, 0.717) is 44.8 Å². The maximum Gasteiger partial charge on any atom is 0.222 e. The number of likely N-dealkylation sites (tertiary alicyclic amines) is 2. The first kappa shape index (κ1) is 31.0. The highest BCUT2D eigenvalue weighted by Gasteiger charge is 2.36. The van der Waals surface area contributed by atoms with Gasteiger partial charge in [-0.3, -0.25) is 24.4 Å². The van der Waals surface area contributed by atoms with Gasteiger partial charge in [0.25, 0.3) is 0 Å². The number of fused-ring (bicyclic) bond motifs is 1. The van der Waals surface area contributed by atoms with Crippen LogP contribution in [0.3, 0.4) is 0 Å². The van der Waals surface area contributed by atoms with Crippen LogP contribution >= 0.6 is 0 Å². The Balaban J connectivity index is 1.10. The van der Waals surface area contributed by atoms with Crippen molar-refractivity contribution in [1.29, 1.82) is 0 Å². The summed E-state index contributed by atoms with van der Waals surface area (Å²) >= 11 is 0. The second-order valence-corrected chi connectivity index (χ2v) is 12.6. The number of hydrogen-bond acceptors (Lipinski definition) is 6. The number of nitrogens with zero attached hydrogens (tertiary/aromatic N) is 4. The van der Waals surface area contributed by atoms with Crippen LogP contribution in [0.4, 0.5) is 0 Å². The monoisotopic (exact) mass is 589 g/mol. The summed E-state index contributed by atoms with van der Waals surface area (Å²) in [4.78, 5) is 50.5. The van der Waals surface area contributed by atoms with Crippen LogP contribution in [0.2, 0.25) is 0 Å². The Bertz CT molecular complexity index is 1230. The zero-order valence-corrected chi connectivity index (χ0v) is 25.7. The summed E-state index contributed by atoms with van der Waals surface area (Å²) in [6, 6.07) is 8.25. The lowest BCUT2D eigenvalue weighted by Crippen LogP contribution is -2.48. The largest absolute Gasteiger partial charge is 0.493 e. The Hall–Kier alpha value is -3.49. The second-order valence-electron chi connectivity index (χ2n) is 12.6. The van der Waals surface area contributed by atoms with Crippen molar-refractivity contribution in [3.05, 3.63) is 53.6 Å². The number of ether oxygens (including phenoxy) is 1. The number of para-hydroxylation sites is 1. The average molecular weight is 590 g/mol. The van der Waals surface area contributed by atoms with E-state index < -0.39 is 0 Å². The predicted octanol–water partition coefficient (Wildman–Crippen LogP) is 4.45. The molecule has 5 rings (SSSR count). The van der Waals surface area contributed by atoms with Crippen molar-refractivity contribution in [3.8, 4) is 5.75 Å². The average Bonchev–Trinajstić information content (AvgIpc) is 3.04. The number of aryl methyl sites for hydroxylation is 2. The molecule has 4 heterocycles. The Morgan fingerprint density at radius 1 is 0.953 bits per heavy atom. The van der Waals surface area contributed by atoms with Gasteiger partial charge in [-0.2, -0.15) is 0 Å². The molecule has 0 radical (unpaired) electrons. The van der Waals surface area contributed by atoms with Crippen LogP contribution in [0.5, 0.6) is 5.75 Å². The van der Waals surface area contributed by atoms with E-state index in [2.05, 4.69) is 27.4 Å². The van der Waals surface area contributed by atoms with Crippen molar-refractivity contribution >= 4 is 17.7 Å². The molecule has 0 bridgehead atoms. The molecular formula is C34H47N5O4. The normalized spacial score (nSPS) is 20.4. The number of rotatable bonds is 4. The van der Waals surface area contributed by atoms with Gasteiger partial charge in [0, 0.05) is 70.8 Å². The first-order chi connectivity index (χ1) is 20.9. The fourth-order valence-electron chi connectivity index (χ4n) is 6.79. The molecule has 2 fully saturated rings. The highest BCUT2D eigenvalue weighted by molar-refractivity contribution is 5.77. The van der Waals surface area contributed by atoms with Gasteiger partial charge in [0.1, 0.15) is 5.75 Å². The minimum Gasteiger partial charge on any atom is -0.493 e. The van der Waals surface area contributed by atoms with Crippen molar-refractivity contribution < 1.29 is 19.1 Å². The molecule has 0 atom stereocenters. The summed E-state index contributed by atoms with van der Waals surface area (Å²) in [5.41, 5.74) is 3.10. The van der Waals surface area contributed by atoms with Crippen molar-refractivity contribution in [2.75, 3.05) is 39.3 Å². The van der Waals surface area contributed by atoms with E-state index in [1.807, 2.05) is 34.3 Å². The van der Waals surface area contributed by atoms with Crippen LogP contribution in [-0.2, 0) is 27.2 Å². The lowest BCUT2D eigenvalue weighted by molar-refractivity contribution is -0.134. The van der Waals surface area contributed by atoms with E-state index in [9.17, 15) is 14.4 Å². The maximum absolute atomic E-state index is 13.2. The number of hydrogen-bond donors (Lipinski definition) is 1. The number of nitrogens with one attached hydrogen (secondary N) is 1. The highest BCUT2D eigenvalue weighted by atomic mass is 16.5. The Kier molecular flexibility index (Phi) is 10.7. The zero-order chi connectivity index (χ0) is 30.1. The Morgan fingerprint density at radius 3 is 2.49 bits per heavy atom. The topological polar surface area (TPSA) is 105 Å². The molecule has 9 heteroatoms. The van der Waals surface area contributed by atoms with Crippen molar-refractivity contribution in [2.24, 2.45) is 5.41 Å². The fourth-order valence-corrected chi connectivity index (χ4v) is 6.79. The minimum absolute atomic E-state index is 0.0362. The van der Waals surface area contributed by atoms with Crippen molar-refractivity contribution in [1.82, 2.24) is 25.1 Å². The summed E-state index contributed by atoms with van der Waals surface area (Å²) in [6.45, 7) is 5.85. The molecule has 1 spiro atoms. The Morgan fingerprint density at radius 2 is 1.74 bits per heavy atom. The number of carbonyl (C=O) groups is 3. The molecule has 3 amide bonds. The molecule has 2 aromatic rings. The highest BCUT2D eigenvalue weighted by Crippen LogP contribution is 2.37. The number of aromatic nitrogens is 2. The van der Waals surface area contributed by atoms with E-state index in [1.165, 1.54) is 5.56 Å². The van der Waals surface area contributed by atoms with Gasteiger partial charge in [0.15, 0.2) is 0 Å². The molecule has 0 aliphatic carbocycles. The Labute approximate surface area is 255 Å². The molecule has 2 saturated heterocycles. The van der Waals surface area contributed by atoms with Gasteiger partial charge >= 0.3 is 0 Å². The van der Waals surface area contributed by atoms with E-state index in [4.69, 9.17) is 4.74 Å². The summed E-state index contributed by atoms with van der Waals surface area (Å²) < 4.78 is 5.98. The summed E-state index contributed by atoms with van der Waals surface area (Å²) in [5, 5.41) is 3.21. The van der Waals surface area contributed by atoms with Crippen LogP contribution in [-0.4, -0.2) is 76.8 Å². The number of benzene rings is 1. The molecule has 1 N–H and O–H groups in total. The van der Waals surface area contributed by atoms with E-state index in [1.54, 1.807) is 6.92 Å². The van der Waals surface area contributed by atoms with Gasteiger partial charge in [0.05, 0.1) is 18.0 Å². The smallest absolute Gasteiger partial charge is 0.222 e. The first-order valence-corrected chi connectivity index (χ1v) is 16.2. The fraction of sp³-hybridized carbons (Fsp3) is 0.618. The summed E-state index contributed by atoms with van der Waals surface area (Å²) in [5.74, 6) is 1.66. The minimum atomic E-state index is 0.0362. The van der Waals surface area contributed by atoms with Gasteiger partial charge in [0.2, 0.25) is 17.7 Å². The third kappa shape index (κ3) is 8.54. The van der Waals surface area contributed by atoms with Gasteiger partial charge in [-0.05, 0) is 74.8 Å². The van der Waals surface area contributed by atoms with E-state index in [-0.39, 0.29) is 23.1 Å². The van der Waals surface area contributed by atoms with Crippen LogP contribution in [0.1, 0.15) is 94.0 Å². The van der Waals surface area contributed by atoms with Crippen LogP contribution in [0.15, 0.2) is 36.7 Å². The van der Waals surface area contributed by atoms with E-state index >= 15 is 0 Å². The quantitative estimate of drug-likeness (QED) is 0.565. The number of carbonyl (C=O) groups excluding carboxylic acids is 3. The summed E-state index contributed by atoms with van der Waals surface area (Å²) in [6.07, 6.45) is 13.7. The predicted molar refractivity (Wildman–Crippen MR) is 165 cm³/mol. The molecule has 232 valence electrons. The molecule has 9 nitrogen and oxygen atoms in total. The second kappa shape index (κ2) is 14.8. The standard InChI is InChI=1S/C34H47N5O4/c1-26(40)38-18-13-27(14-19-38)30-24-35-29(23-36-30)11-12-33(42)39-20-16-34(17-21-39)15-5-4-8-28-7-2-3-9-31(28)43-22-6-10-32(41)37-25-34/h2-3,7,9,23-24,27H,4-6,8,10-22,25H2,1H3,(H,37,41). The maximum atomic E-state index is 13.2. The van der Waals surface area contributed by atoms with Crippen LogP contribution < -0.4 is 10.1 Å². The third-order valence-electron chi connectivity index (χ3n) is 9.70. The van der Waals surface area contributed by atoms with Gasteiger partial charge in [-0.25, -0.2) is 0 Å². The molecule has 1 aromatic heterocycles. The van der Waals surface area contributed by atoms with Crippen molar-refractivity contribution in [2.45, 2.75) is 89.9 Å². The van der Waals surface area contributed by atoms with Gasteiger partial charge < -0.3 is 19.9 Å². The van der Waals surface area contributed by atoms with Gasteiger partial charge in [-0.15, -0.1) is 0 Å². The first-order valence-electron chi connectivity index (χ1n) is 16.2. The lowest BCUT2D eigenvalue weighted by Gasteiger charge is -2.42. The number of piperidine rings is 2. The van der Waals surface area contributed by atoms with Crippen LogP contribution in [0.25, 0.3) is 0 Å². The summed E-state index contributed by atoms with van der Waals surface area (Å²) in [7, 11) is 0. The van der Waals surface area contributed by atoms with Gasteiger partial charge in [-0.1, -0.05) is 24.6 Å². The van der Waals surface area contributed by atoms with Crippen LogP contribution in [0, 0.1) is 5.41 Å². The molecule has 3 aliphatic rings. The molecular weight excluding hydrogens is 542 g/mol. The molecule has 3 aliphatic heterocycles. The number of amides is 3. The van der Waals surface area contributed by atoms with Crippen molar-refractivity contribution in [3.63, 3.8) is 0 Å². The molecule has 1 aromatic carbocycles. The van der Waals surface area contributed by atoms with E-state index in [0.717, 1.165) is 94.7 Å². The third-order valence-corrected chi connectivity index (χ3v) is 9.70. The molecule has 0 saturated carbocycles. The zero-order valence-electron chi connectivity index (χ0n) is 25.7. The SMILES string of the molecule is CC(=O)N1CCC(c2cnc(CCC(=O)N3CCC4(CCCCc5ccccc5OCCCC(=O)NC4)CC3)cn2)CC1. The lowest BCUT2D eigenvalue weighted by atomic mass is 9.74.